The van der Waals surface area contributed by atoms with E-state index in [0.29, 0.717) is 44.1 Å². The van der Waals surface area contributed by atoms with Gasteiger partial charge in [-0.05, 0) is 32.4 Å². The zero-order chi connectivity index (χ0) is 18.4. The lowest BCUT2D eigenvalue weighted by molar-refractivity contribution is -0.143. The molecule has 1 heterocycles. The molecule has 0 saturated carbocycles. The van der Waals surface area contributed by atoms with Crippen LogP contribution in [0, 0.1) is 6.92 Å². The largest absolute Gasteiger partial charge is 0.368 e. The van der Waals surface area contributed by atoms with E-state index in [0.717, 1.165) is 5.56 Å². The Balaban J connectivity index is 1.93. The van der Waals surface area contributed by atoms with Gasteiger partial charge in [-0.3, -0.25) is 4.79 Å². The van der Waals surface area contributed by atoms with Gasteiger partial charge in [0.15, 0.2) is 0 Å². The maximum absolute atomic E-state index is 12.7. The summed E-state index contributed by atoms with van der Waals surface area (Å²) in [5.41, 5.74) is 1.01. The molecule has 1 aromatic carbocycles. The van der Waals surface area contributed by atoms with Crippen LogP contribution in [-0.4, -0.2) is 62.4 Å². The fourth-order valence-electron chi connectivity index (χ4n) is 2.66. The molecule has 0 spiro atoms. The minimum atomic E-state index is -3.51. The lowest BCUT2D eigenvalue weighted by Gasteiger charge is -2.35. The van der Waals surface area contributed by atoms with Crippen LogP contribution < -0.4 is 0 Å². The monoisotopic (exact) mass is 366 g/mol. The maximum Gasteiger partial charge on any atom is 0.251 e. The number of hydrogen-bond acceptors (Lipinski definition) is 4. The fraction of sp³-hybridized carbons (Fsp3) is 0.500. The van der Waals surface area contributed by atoms with Crippen molar-refractivity contribution in [3.05, 3.63) is 42.5 Å². The summed E-state index contributed by atoms with van der Waals surface area (Å²) in [4.78, 5) is 14.3. The third-order valence-electron chi connectivity index (χ3n) is 4.25. The highest BCUT2D eigenvalue weighted by molar-refractivity contribution is 7.89. The SMILES string of the molecule is C=CCCOC(C)C(=O)N1CCN(S(=O)(=O)c2ccc(C)cc2)CC1. The topological polar surface area (TPSA) is 66.9 Å². The van der Waals surface area contributed by atoms with Crippen molar-refractivity contribution in [3.63, 3.8) is 0 Å². The molecule has 1 aliphatic heterocycles. The van der Waals surface area contributed by atoms with Crippen molar-refractivity contribution >= 4 is 15.9 Å². The maximum atomic E-state index is 12.7. The molecule has 1 fully saturated rings. The van der Waals surface area contributed by atoms with Gasteiger partial charge < -0.3 is 9.64 Å². The Bertz CT molecular complexity index is 692. The first-order chi connectivity index (χ1) is 11.9. The predicted octanol–water partition coefficient (Wildman–Crippen LogP) is 1.81. The zero-order valence-corrected chi connectivity index (χ0v) is 15.7. The molecule has 25 heavy (non-hydrogen) atoms. The second-order valence-corrected chi connectivity index (χ2v) is 8.07. The van der Waals surface area contributed by atoms with Gasteiger partial charge >= 0.3 is 0 Å². The quantitative estimate of drug-likeness (QED) is 0.545. The average Bonchev–Trinajstić information content (AvgIpc) is 2.61. The highest BCUT2D eigenvalue weighted by Gasteiger charge is 2.31. The molecule has 2 rings (SSSR count). The molecule has 138 valence electrons. The van der Waals surface area contributed by atoms with Crippen LogP contribution in [-0.2, 0) is 19.6 Å². The molecule has 0 bridgehead atoms. The number of amides is 1. The Hall–Kier alpha value is -1.70. The lowest BCUT2D eigenvalue weighted by atomic mass is 10.2. The van der Waals surface area contributed by atoms with Crippen LogP contribution in [0.1, 0.15) is 18.9 Å². The number of benzene rings is 1. The van der Waals surface area contributed by atoms with Gasteiger partial charge in [-0.1, -0.05) is 23.8 Å². The van der Waals surface area contributed by atoms with Crippen LogP contribution in [0.2, 0.25) is 0 Å². The van der Waals surface area contributed by atoms with E-state index in [9.17, 15) is 13.2 Å². The number of hydrogen-bond donors (Lipinski definition) is 0. The van der Waals surface area contributed by atoms with Crippen molar-refractivity contribution in [3.8, 4) is 0 Å². The number of carbonyl (C=O) groups excluding carboxylic acids is 1. The van der Waals surface area contributed by atoms with E-state index in [4.69, 9.17) is 4.74 Å². The van der Waals surface area contributed by atoms with Crippen LogP contribution in [0.5, 0.6) is 0 Å². The van der Waals surface area contributed by atoms with Crippen molar-refractivity contribution in [2.45, 2.75) is 31.3 Å². The molecule has 7 heteroatoms. The first-order valence-corrected chi connectivity index (χ1v) is 9.88. The highest BCUT2D eigenvalue weighted by Crippen LogP contribution is 2.18. The molecule has 1 saturated heterocycles. The molecule has 6 nitrogen and oxygen atoms in total. The first kappa shape index (κ1) is 19.6. The molecule has 1 unspecified atom stereocenters. The standard InChI is InChI=1S/C18H26N2O4S/c1-4-5-14-24-16(3)18(21)19-10-12-20(13-11-19)25(22,23)17-8-6-15(2)7-9-17/h4,6-9,16H,1,5,10-14H2,2-3H3. The zero-order valence-electron chi connectivity index (χ0n) is 14.8. The summed E-state index contributed by atoms with van der Waals surface area (Å²) in [7, 11) is -3.51. The van der Waals surface area contributed by atoms with Gasteiger partial charge in [0.25, 0.3) is 5.91 Å². The third-order valence-corrected chi connectivity index (χ3v) is 6.16. The van der Waals surface area contributed by atoms with Crippen LogP contribution in [0.15, 0.2) is 41.8 Å². The van der Waals surface area contributed by atoms with E-state index >= 15 is 0 Å². The Morgan fingerprint density at radius 2 is 1.84 bits per heavy atom. The molecule has 1 atom stereocenters. The van der Waals surface area contributed by atoms with Gasteiger partial charge in [0.2, 0.25) is 10.0 Å². The molecule has 1 aromatic rings. The first-order valence-electron chi connectivity index (χ1n) is 8.44. The van der Waals surface area contributed by atoms with Crippen molar-refractivity contribution in [1.82, 2.24) is 9.21 Å². The van der Waals surface area contributed by atoms with Crippen molar-refractivity contribution in [2.75, 3.05) is 32.8 Å². The Kier molecular flexibility index (Phi) is 6.75. The number of ether oxygens (including phenoxy) is 1. The van der Waals surface area contributed by atoms with Crippen LogP contribution in [0.4, 0.5) is 0 Å². The Labute approximate surface area is 150 Å². The second-order valence-electron chi connectivity index (χ2n) is 6.13. The van der Waals surface area contributed by atoms with Crippen LogP contribution in [0.25, 0.3) is 0 Å². The van der Waals surface area contributed by atoms with Crippen molar-refractivity contribution < 1.29 is 17.9 Å². The van der Waals surface area contributed by atoms with Crippen LogP contribution in [0.3, 0.4) is 0 Å². The summed E-state index contributed by atoms with van der Waals surface area (Å²) in [5.74, 6) is -0.101. The molecule has 0 aliphatic carbocycles. The summed E-state index contributed by atoms with van der Waals surface area (Å²) in [5, 5.41) is 0. The summed E-state index contributed by atoms with van der Waals surface area (Å²) in [6, 6.07) is 6.82. The molecule has 1 amide bonds. The van der Waals surface area contributed by atoms with E-state index in [1.165, 1.54) is 4.31 Å². The van der Waals surface area contributed by atoms with E-state index in [1.54, 1.807) is 42.2 Å². The molecule has 1 aliphatic rings. The van der Waals surface area contributed by atoms with Gasteiger partial charge in [-0.2, -0.15) is 4.31 Å². The second kappa shape index (κ2) is 8.60. The van der Waals surface area contributed by atoms with E-state index in [-0.39, 0.29) is 5.91 Å². The van der Waals surface area contributed by atoms with Gasteiger partial charge in [-0.15, -0.1) is 6.58 Å². The number of nitrogens with zero attached hydrogens (tertiary/aromatic N) is 2. The van der Waals surface area contributed by atoms with Crippen LogP contribution >= 0.6 is 0 Å². The molecule has 0 N–H and O–H groups in total. The lowest BCUT2D eigenvalue weighted by Crippen LogP contribution is -2.52. The van der Waals surface area contributed by atoms with Gasteiger partial charge in [-0.25, -0.2) is 8.42 Å². The Morgan fingerprint density at radius 1 is 1.24 bits per heavy atom. The number of rotatable bonds is 7. The number of piperazine rings is 1. The molecular weight excluding hydrogens is 340 g/mol. The van der Waals surface area contributed by atoms with Gasteiger partial charge in [0.1, 0.15) is 6.10 Å². The normalized spacial score (nSPS) is 17.3. The van der Waals surface area contributed by atoms with E-state index in [2.05, 4.69) is 6.58 Å². The number of aryl methyl sites for hydroxylation is 1. The van der Waals surface area contributed by atoms with Crippen molar-refractivity contribution in [1.29, 1.82) is 0 Å². The molecule has 0 aromatic heterocycles. The highest BCUT2D eigenvalue weighted by atomic mass is 32.2. The van der Waals surface area contributed by atoms with Gasteiger partial charge in [0.05, 0.1) is 11.5 Å². The minimum absolute atomic E-state index is 0.101. The number of sulfonamides is 1. The average molecular weight is 366 g/mol. The van der Waals surface area contributed by atoms with E-state index < -0.39 is 16.1 Å². The van der Waals surface area contributed by atoms with E-state index in [1.807, 2.05) is 6.92 Å². The Morgan fingerprint density at radius 3 is 2.40 bits per heavy atom. The molecule has 0 radical (unpaired) electrons. The van der Waals surface area contributed by atoms with Crippen molar-refractivity contribution in [2.24, 2.45) is 0 Å². The van der Waals surface area contributed by atoms with Gasteiger partial charge in [0, 0.05) is 26.2 Å². The fourth-order valence-corrected chi connectivity index (χ4v) is 4.09. The number of carbonyl (C=O) groups is 1. The predicted molar refractivity (Wildman–Crippen MR) is 96.7 cm³/mol. The summed E-state index contributed by atoms with van der Waals surface area (Å²) in [6.07, 6.45) is 1.91. The third kappa shape index (κ3) is 4.90. The summed E-state index contributed by atoms with van der Waals surface area (Å²) >= 11 is 0. The molecular formula is C18H26N2O4S. The summed E-state index contributed by atoms with van der Waals surface area (Å²) < 4.78 is 32.3. The smallest absolute Gasteiger partial charge is 0.251 e. The minimum Gasteiger partial charge on any atom is -0.368 e. The summed E-state index contributed by atoms with van der Waals surface area (Å²) in [6.45, 7) is 9.05.